The fourth-order valence-electron chi connectivity index (χ4n) is 2.02. The van der Waals surface area contributed by atoms with Crippen molar-refractivity contribution in [3.63, 3.8) is 0 Å². The Balaban J connectivity index is 1.69. The number of anilines is 2. The van der Waals surface area contributed by atoms with Crippen molar-refractivity contribution in [2.24, 2.45) is 5.10 Å². The van der Waals surface area contributed by atoms with Crippen molar-refractivity contribution >= 4 is 28.5 Å². The monoisotopic (exact) mass is 274 g/mol. The summed E-state index contributed by atoms with van der Waals surface area (Å²) in [5, 5.41) is 6.60. The molecule has 3 rings (SSSR count). The van der Waals surface area contributed by atoms with Crippen LogP contribution in [-0.4, -0.2) is 17.3 Å². The molecule has 1 aromatic carbocycles. The highest BCUT2D eigenvalue weighted by Crippen LogP contribution is 2.28. The summed E-state index contributed by atoms with van der Waals surface area (Å²) < 4.78 is 5.66. The van der Waals surface area contributed by atoms with Gasteiger partial charge >= 0.3 is 0 Å². The number of nitrogens with zero attached hydrogens (tertiary/aromatic N) is 2. The number of nitrogens with one attached hydrogen (secondary N) is 1. The first-order valence-electron chi connectivity index (χ1n) is 6.00. The number of ether oxygens (including phenoxy) is 1. The maximum Gasteiger partial charge on any atom is 0.205 e. The maximum atomic E-state index is 5.66. The van der Waals surface area contributed by atoms with E-state index in [1.807, 2.05) is 12.1 Å². The molecular weight excluding hydrogens is 260 g/mol. The third-order valence-electron chi connectivity index (χ3n) is 2.82. The number of rotatable bonds is 3. The van der Waals surface area contributed by atoms with Gasteiger partial charge in [0, 0.05) is 11.8 Å². The summed E-state index contributed by atoms with van der Waals surface area (Å²) in [6.07, 6.45) is 2.98. The number of hydrazone groups is 1. The summed E-state index contributed by atoms with van der Waals surface area (Å²) in [5.41, 5.74) is 10.7. The molecule has 1 unspecified atom stereocenters. The highest BCUT2D eigenvalue weighted by molar-refractivity contribution is 7.14. The lowest BCUT2D eigenvalue weighted by molar-refractivity contribution is 0.254. The van der Waals surface area contributed by atoms with Crippen LogP contribution in [0.5, 0.6) is 5.75 Å². The van der Waals surface area contributed by atoms with Gasteiger partial charge in [0.25, 0.3) is 0 Å². The lowest BCUT2D eigenvalue weighted by atomic mass is 10.1. The number of thiazole rings is 1. The van der Waals surface area contributed by atoms with E-state index in [0.717, 1.165) is 17.7 Å². The molecule has 6 heteroatoms. The second-order valence-corrected chi connectivity index (χ2v) is 5.31. The topological polar surface area (TPSA) is 72.5 Å². The van der Waals surface area contributed by atoms with Crippen LogP contribution in [-0.2, 0) is 6.42 Å². The van der Waals surface area contributed by atoms with Crippen molar-refractivity contribution in [1.82, 2.24) is 4.98 Å². The highest BCUT2D eigenvalue weighted by atomic mass is 32.1. The summed E-state index contributed by atoms with van der Waals surface area (Å²) in [7, 11) is 0. The van der Waals surface area contributed by atoms with Crippen molar-refractivity contribution < 1.29 is 4.74 Å². The Bertz CT molecular complexity index is 623. The molecule has 1 aromatic heterocycles. The summed E-state index contributed by atoms with van der Waals surface area (Å²) in [6.45, 7) is 2.07. The Morgan fingerprint density at radius 1 is 1.58 bits per heavy atom. The number of fused-ring (bicyclic) bond motifs is 1. The average molecular weight is 274 g/mol. The van der Waals surface area contributed by atoms with Crippen LogP contribution in [0.15, 0.2) is 28.7 Å². The lowest BCUT2D eigenvalue weighted by Crippen LogP contribution is -2.05. The molecule has 19 heavy (non-hydrogen) atoms. The van der Waals surface area contributed by atoms with Gasteiger partial charge in [0.2, 0.25) is 5.13 Å². The summed E-state index contributed by atoms with van der Waals surface area (Å²) in [4.78, 5) is 4.06. The minimum Gasteiger partial charge on any atom is -0.490 e. The molecule has 5 nitrogen and oxygen atoms in total. The maximum absolute atomic E-state index is 5.66. The first-order valence-corrected chi connectivity index (χ1v) is 6.88. The Labute approximate surface area is 115 Å². The smallest absolute Gasteiger partial charge is 0.205 e. The van der Waals surface area contributed by atoms with Gasteiger partial charge in [0.15, 0.2) is 0 Å². The van der Waals surface area contributed by atoms with E-state index in [2.05, 4.69) is 28.5 Å². The number of hydrogen-bond donors (Lipinski definition) is 2. The molecule has 0 aliphatic carbocycles. The van der Waals surface area contributed by atoms with Crippen LogP contribution in [0.1, 0.15) is 18.1 Å². The van der Waals surface area contributed by atoms with Crippen LogP contribution in [0.25, 0.3) is 0 Å². The van der Waals surface area contributed by atoms with E-state index in [9.17, 15) is 0 Å². The highest BCUT2D eigenvalue weighted by Gasteiger charge is 2.18. The second-order valence-electron chi connectivity index (χ2n) is 4.45. The largest absolute Gasteiger partial charge is 0.490 e. The Morgan fingerprint density at radius 3 is 3.26 bits per heavy atom. The molecule has 98 valence electrons. The Morgan fingerprint density at radius 2 is 2.47 bits per heavy atom. The predicted molar refractivity (Wildman–Crippen MR) is 78.0 cm³/mol. The van der Waals surface area contributed by atoms with E-state index in [-0.39, 0.29) is 6.10 Å². The average Bonchev–Trinajstić information content (AvgIpc) is 2.94. The minimum atomic E-state index is 0.263. The number of benzene rings is 1. The van der Waals surface area contributed by atoms with E-state index >= 15 is 0 Å². The third-order valence-corrected chi connectivity index (χ3v) is 3.58. The normalized spacial score (nSPS) is 17.4. The Kier molecular flexibility index (Phi) is 3.08. The molecule has 0 radical (unpaired) electrons. The lowest BCUT2D eigenvalue weighted by Gasteiger charge is -2.01. The van der Waals surface area contributed by atoms with Crippen molar-refractivity contribution in [1.29, 1.82) is 0 Å². The van der Waals surface area contributed by atoms with Crippen LogP contribution >= 0.6 is 11.3 Å². The van der Waals surface area contributed by atoms with E-state index < -0.39 is 0 Å². The second kappa shape index (κ2) is 4.89. The van der Waals surface area contributed by atoms with Crippen LogP contribution < -0.4 is 15.9 Å². The van der Waals surface area contributed by atoms with Gasteiger partial charge < -0.3 is 10.5 Å². The zero-order valence-corrected chi connectivity index (χ0v) is 11.3. The van der Waals surface area contributed by atoms with E-state index in [4.69, 9.17) is 10.5 Å². The van der Waals surface area contributed by atoms with Gasteiger partial charge in [-0.25, -0.2) is 4.98 Å². The van der Waals surface area contributed by atoms with Crippen molar-refractivity contribution in [2.45, 2.75) is 19.4 Å². The van der Waals surface area contributed by atoms with Gasteiger partial charge in [0.05, 0.1) is 6.21 Å². The van der Waals surface area contributed by atoms with E-state index in [1.165, 1.54) is 16.9 Å². The molecule has 0 saturated carbocycles. The van der Waals surface area contributed by atoms with Crippen molar-refractivity contribution in [3.8, 4) is 5.75 Å². The van der Waals surface area contributed by atoms with Crippen LogP contribution in [0.3, 0.4) is 0 Å². The molecule has 3 N–H and O–H groups in total. The molecule has 2 heterocycles. The standard InChI is InChI=1S/C13H14N4OS/c1-8-4-10-5-9(2-3-11(10)18-8)6-15-17-13-16-12(14)7-19-13/h2-3,5-8H,4,14H2,1H3,(H,16,17). The fourth-order valence-corrected chi connectivity index (χ4v) is 2.57. The van der Waals surface area contributed by atoms with E-state index in [1.54, 1.807) is 11.6 Å². The number of aromatic nitrogens is 1. The SMILES string of the molecule is CC1Cc2cc(C=NNc3nc(N)cs3)ccc2O1. The van der Waals surface area contributed by atoms with Gasteiger partial charge in [-0.05, 0) is 36.2 Å². The molecule has 1 aliphatic heterocycles. The van der Waals surface area contributed by atoms with Crippen LogP contribution in [0.2, 0.25) is 0 Å². The molecule has 1 aliphatic rings. The molecule has 1 atom stereocenters. The van der Waals surface area contributed by atoms with Gasteiger partial charge in [-0.3, -0.25) is 5.43 Å². The third kappa shape index (κ3) is 2.68. The molecule has 0 fully saturated rings. The van der Waals surface area contributed by atoms with Crippen molar-refractivity contribution in [2.75, 3.05) is 11.2 Å². The van der Waals surface area contributed by atoms with Gasteiger partial charge in [-0.2, -0.15) is 5.10 Å². The summed E-state index contributed by atoms with van der Waals surface area (Å²) >= 11 is 1.42. The summed E-state index contributed by atoms with van der Waals surface area (Å²) in [6, 6.07) is 6.07. The minimum absolute atomic E-state index is 0.263. The quantitative estimate of drug-likeness (QED) is 0.666. The predicted octanol–water partition coefficient (Wildman–Crippen LogP) is 2.49. The van der Waals surface area contributed by atoms with Gasteiger partial charge in [-0.15, -0.1) is 11.3 Å². The number of hydrogen-bond acceptors (Lipinski definition) is 6. The van der Waals surface area contributed by atoms with Crippen molar-refractivity contribution in [3.05, 3.63) is 34.7 Å². The first kappa shape index (κ1) is 12.0. The molecule has 0 saturated heterocycles. The fraction of sp³-hybridized carbons (Fsp3) is 0.231. The number of nitrogens with two attached hydrogens (primary N) is 1. The molecule has 0 bridgehead atoms. The summed E-state index contributed by atoms with van der Waals surface area (Å²) in [5.74, 6) is 1.48. The zero-order valence-electron chi connectivity index (χ0n) is 10.5. The van der Waals surface area contributed by atoms with E-state index in [0.29, 0.717) is 10.9 Å². The molecule has 2 aromatic rings. The first-order chi connectivity index (χ1) is 9.20. The number of nitrogen functional groups attached to an aromatic ring is 1. The van der Waals surface area contributed by atoms with Crippen LogP contribution in [0, 0.1) is 0 Å². The molecule has 0 spiro atoms. The van der Waals surface area contributed by atoms with Gasteiger partial charge in [0.1, 0.15) is 17.7 Å². The van der Waals surface area contributed by atoms with Gasteiger partial charge in [-0.1, -0.05) is 0 Å². The van der Waals surface area contributed by atoms with Crippen LogP contribution in [0.4, 0.5) is 10.9 Å². The zero-order chi connectivity index (χ0) is 13.2. The molecular formula is C13H14N4OS. The molecule has 0 amide bonds. The Hall–Kier alpha value is -2.08.